The van der Waals surface area contributed by atoms with E-state index in [0.29, 0.717) is 23.8 Å². The van der Waals surface area contributed by atoms with Crippen molar-refractivity contribution in [2.45, 2.75) is 37.6 Å². The van der Waals surface area contributed by atoms with Crippen LogP contribution < -0.4 is 14.2 Å². The van der Waals surface area contributed by atoms with Gasteiger partial charge >= 0.3 is 0 Å². The normalized spacial score (nSPS) is 16.8. The molecule has 0 amide bonds. The highest BCUT2D eigenvalue weighted by molar-refractivity contribution is 7.89. The molecular formula is C20H25NO4S. The Morgan fingerprint density at radius 1 is 1.19 bits per heavy atom. The number of hydrogen-bond acceptors (Lipinski definition) is 4. The largest absolute Gasteiger partial charge is 0.493 e. The highest BCUT2D eigenvalue weighted by Gasteiger charge is 2.27. The van der Waals surface area contributed by atoms with Crippen molar-refractivity contribution in [3.8, 4) is 11.5 Å². The molecular weight excluding hydrogens is 350 g/mol. The summed E-state index contributed by atoms with van der Waals surface area (Å²) in [4.78, 5) is 0.279. The highest BCUT2D eigenvalue weighted by Crippen LogP contribution is 2.34. The van der Waals surface area contributed by atoms with Crippen LogP contribution in [-0.4, -0.2) is 28.2 Å². The SMILES string of the molecule is COc1cccc2c1OC[C@H](NS(=O)(=O)c1ccc(CC(C)C)cc1)C2. The van der Waals surface area contributed by atoms with E-state index in [1.807, 2.05) is 30.3 Å². The first-order valence-corrected chi connectivity index (χ1v) is 10.3. The van der Waals surface area contributed by atoms with E-state index in [9.17, 15) is 8.42 Å². The van der Waals surface area contributed by atoms with Gasteiger partial charge in [-0.25, -0.2) is 13.1 Å². The number of ether oxygens (including phenoxy) is 2. The molecule has 2 aromatic carbocycles. The van der Waals surface area contributed by atoms with Crippen molar-refractivity contribution in [2.75, 3.05) is 13.7 Å². The van der Waals surface area contributed by atoms with Gasteiger partial charge in [0.15, 0.2) is 11.5 Å². The number of benzene rings is 2. The Balaban J connectivity index is 1.72. The molecule has 2 aromatic rings. The monoisotopic (exact) mass is 375 g/mol. The second kappa shape index (κ2) is 7.68. The number of hydrogen-bond donors (Lipinski definition) is 1. The van der Waals surface area contributed by atoms with Crippen molar-refractivity contribution in [1.29, 1.82) is 0 Å². The molecule has 0 bridgehead atoms. The summed E-state index contributed by atoms with van der Waals surface area (Å²) in [6.45, 7) is 4.56. The molecule has 0 unspecified atom stereocenters. The van der Waals surface area contributed by atoms with Crippen LogP contribution in [0.15, 0.2) is 47.4 Å². The van der Waals surface area contributed by atoms with E-state index < -0.39 is 10.0 Å². The average Bonchev–Trinajstić information content (AvgIpc) is 2.60. The molecule has 0 saturated carbocycles. The van der Waals surface area contributed by atoms with Crippen molar-refractivity contribution in [1.82, 2.24) is 4.72 Å². The molecule has 140 valence electrons. The van der Waals surface area contributed by atoms with Gasteiger partial charge in [0.1, 0.15) is 6.61 Å². The van der Waals surface area contributed by atoms with Crippen LogP contribution in [0.5, 0.6) is 11.5 Å². The predicted octanol–water partition coefficient (Wildman–Crippen LogP) is 3.18. The molecule has 0 saturated heterocycles. The molecule has 0 aromatic heterocycles. The molecule has 0 spiro atoms. The summed E-state index contributed by atoms with van der Waals surface area (Å²) < 4.78 is 39.2. The Labute approximate surface area is 155 Å². The highest BCUT2D eigenvalue weighted by atomic mass is 32.2. The van der Waals surface area contributed by atoms with Crippen molar-refractivity contribution in [3.63, 3.8) is 0 Å². The van der Waals surface area contributed by atoms with Gasteiger partial charge in [0.25, 0.3) is 0 Å². The summed E-state index contributed by atoms with van der Waals surface area (Å²) >= 11 is 0. The second-order valence-electron chi connectivity index (χ2n) is 7.02. The first-order valence-electron chi connectivity index (χ1n) is 8.79. The third kappa shape index (κ3) is 4.19. The van der Waals surface area contributed by atoms with E-state index >= 15 is 0 Å². The number of nitrogens with one attached hydrogen (secondary N) is 1. The minimum absolute atomic E-state index is 0.276. The van der Waals surface area contributed by atoms with E-state index in [1.54, 1.807) is 19.2 Å². The van der Waals surface area contributed by atoms with Crippen molar-refractivity contribution < 1.29 is 17.9 Å². The number of methoxy groups -OCH3 is 1. The molecule has 3 rings (SSSR count). The maximum Gasteiger partial charge on any atom is 0.240 e. The Hall–Kier alpha value is -2.05. The molecule has 1 N–H and O–H groups in total. The fraction of sp³-hybridized carbons (Fsp3) is 0.400. The van der Waals surface area contributed by atoms with Crippen molar-refractivity contribution in [2.24, 2.45) is 5.92 Å². The number of rotatable bonds is 6. The summed E-state index contributed by atoms with van der Waals surface area (Å²) in [7, 11) is -1.99. The van der Waals surface area contributed by atoms with E-state index in [0.717, 1.165) is 17.5 Å². The zero-order chi connectivity index (χ0) is 18.7. The van der Waals surface area contributed by atoms with Gasteiger partial charge in [0, 0.05) is 0 Å². The van der Waals surface area contributed by atoms with E-state index in [4.69, 9.17) is 9.47 Å². The fourth-order valence-corrected chi connectivity index (χ4v) is 4.41. The van der Waals surface area contributed by atoms with Crippen LogP contribution in [0.25, 0.3) is 0 Å². The van der Waals surface area contributed by atoms with E-state index in [1.165, 1.54) is 0 Å². The smallest absolute Gasteiger partial charge is 0.240 e. The Morgan fingerprint density at radius 2 is 1.92 bits per heavy atom. The lowest BCUT2D eigenvalue weighted by Gasteiger charge is -2.27. The topological polar surface area (TPSA) is 64.6 Å². The first-order chi connectivity index (χ1) is 12.4. The summed E-state index contributed by atoms with van der Waals surface area (Å²) in [5.41, 5.74) is 2.08. The lowest BCUT2D eigenvalue weighted by molar-refractivity contribution is 0.240. The summed E-state index contributed by atoms with van der Waals surface area (Å²) in [6, 6.07) is 12.4. The summed E-state index contributed by atoms with van der Waals surface area (Å²) in [5, 5.41) is 0. The van der Waals surface area contributed by atoms with Crippen LogP contribution in [0.1, 0.15) is 25.0 Å². The zero-order valence-electron chi connectivity index (χ0n) is 15.4. The number of sulfonamides is 1. The molecule has 0 fully saturated rings. The number of para-hydroxylation sites is 1. The van der Waals surface area contributed by atoms with Crippen molar-refractivity contribution in [3.05, 3.63) is 53.6 Å². The maximum atomic E-state index is 12.7. The van der Waals surface area contributed by atoms with Gasteiger partial charge < -0.3 is 9.47 Å². The minimum Gasteiger partial charge on any atom is -0.493 e. The molecule has 6 heteroatoms. The molecule has 26 heavy (non-hydrogen) atoms. The summed E-state index contributed by atoms with van der Waals surface area (Å²) in [6.07, 6.45) is 1.50. The molecule has 1 atom stereocenters. The second-order valence-corrected chi connectivity index (χ2v) is 8.74. The lowest BCUT2D eigenvalue weighted by Crippen LogP contribution is -2.42. The maximum absolute atomic E-state index is 12.7. The van der Waals surface area contributed by atoms with Crippen LogP contribution in [0.3, 0.4) is 0 Å². The van der Waals surface area contributed by atoms with Crippen molar-refractivity contribution >= 4 is 10.0 Å². The van der Waals surface area contributed by atoms with Gasteiger partial charge in [-0.1, -0.05) is 38.1 Å². The minimum atomic E-state index is -3.58. The fourth-order valence-electron chi connectivity index (χ4n) is 3.19. The van der Waals surface area contributed by atoms with Crippen LogP contribution in [-0.2, 0) is 22.9 Å². The third-order valence-corrected chi connectivity index (χ3v) is 5.91. The summed E-state index contributed by atoms with van der Waals surface area (Å²) in [5.74, 6) is 1.90. The van der Waals surface area contributed by atoms with Gasteiger partial charge in [-0.15, -0.1) is 0 Å². The van der Waals surface area contributed by atoms with Gasteiger partial charge in [-0.3, -0.25) is 0 Å². The standard InChI is InChI=1S/C20H25NO4S/c1-14(2)11-15-7-9-18(10-8-15)26(22,23)21-17-12-16-5-4-6-19(24-3)20(16)25-13-17/h4-10,14,17,21H,11-13H2,1-3H3/t17-/m1/s1. The van der Waals surface area contributed by atoms with Gasteiger partial charge in [-0.2, -0.15) is 0 Å². The molecule has 5 nitrogen and oxygen atoms in total. The molecule has 0 aliphatic carbocycles. The third-order valence-electron chi connectivity index (χ3n) is 4.37. The van der Waals surface area contributed by atoms with Crippen LogP contribution in [0.4, 0.5) is 0 Å². The predicted molar refractivity (Wildman–Crippen MR) is 101 cm³/mol. The quantitative estimate of drug-likeness (QED) is 0.842. The Morgan fingerprint density at radius 3 is 2.58 bits per heavy atom. The van der Waals surface area contributed by atoms with Gasteiger partial charge in [0.05, 0.1) is 18.0 Å². The first kappa shape index (κ1) is 18.7. The molecule has 1 aliphatic heterocycles. The van der Waals surface area contributed by atoms with Gasteiger partial charge in [0.2, 0.25) is 10.0 Å². The molecule has 1 aliphatic rings. The average molecular weight is 375 g/mol. The lowest BCUT2D eigenvalue weighted by atomic mass is 10.0. The van der Waals surface area contributed by atoms with E-state index in [-0.39, 0.29) is 17.5 Å². The van der Waals surface area contributed by atoms with Crippen LogP contribution in [0, 0.1) is 5.92 Å². The zero-order valence-corrected chi connectivity index (χ0v) is 16.2. The van der Waals surface area contributed by atoms with Crippen LogP contribution in [0.2, 0.25) is 0 Å². The van der Waals surface area contributed by atoms with Gasteiger partial charge in [-0.05, 0) is 48.1 Å². The van der Waals surface area contributed by atoms with Crippen LogP contribution >= 0.6 is 0 Å². The number of fused-ring (bicyclic) bond motifs is 1. The van der Waals surface area contributed by atoms with E-state index in [2.05, 4.69) is 18.6 Å². The molecule has 1 heterocycles. The molecule has 0 radical (unpaired) electrons. The Bertz CT molecular complexity index is 860. The Kier molecular flexibility index (Phi) is 5.53.